The molecule has 1 heterocycles. The van der Waals surface area contributed by atoms with Gasteiger partial charge in [-0.25, -0.2) is 0 Å². The molecule has 0 spiro atoms. The zero-order valence-electron chi connectivity index (χ0n) is 19.1. The molecule has 3 aromatic carbocycles. The minimum atomic E-state index is -0.174. The molecule has 0 radical (unpaired) electrons. The van der Waals surface area contributed by atoms with Gasteiger partial charge in [0.15, 0.2) is 6.61 Å². The summed E-state index contributed by atoms with van der Waals surface area (Å²) < 4.78 is 21.6. The molecule has 34 heavy (non-hydrogen) atoms. The molecule has 2 amide bonds. The Kier molecular flexibility index (Phi) is 7.17. The molecule has 0 aliphatic carbocycles. The van der Waals surface area contributed by atoms with Crippen molar-refractivity contribution in [1.29, 1.82) is 0 Å². The Balaban J connectivity index is 1.40. The maximum Gasteiger partial charge on any atom is 0.265 e. The molecule has 1 N–H and O–H groups in total. The van der Waals surface area contributed by atoms with Gasteiger partial charge < -0.3 is 29.2 Å². The lowest BCUT2D eigenvalue weighted by Gasteiger charge is -2.29. The lowest BCUT2D eigenvalue weighted by atomic mass is 10.1. The molecule has 3 aromatic rings. The van der Waals surface area contributed by atoms with E-state index in [4.69, 9.17) is 18.9 Å². The molecule has 0 saturated heterocycles. The number of hydrogen-bond donors (Lipinski definition) is 1. The fourth-order valence-electron chi connectivity index (χ4n) is 3.59. The van der Waals surface area contributed by atoms with Crippen LogP contribution in [0.1, 0.15) is 5.56 Å². The van der Waals surface area contributed by atoms with Crippen LogP contribution in [-0.2, 0) is 16.0 Å². The molecule has 0 saturated carbocycles. The summed E-state index contributed by atoms with van der Waals surface area (Å²) >= 11 is 0. The molecule has 8 heteroatoms. The van der Waals surface area contributed by atoms with Crippen LogP contribution < -0.4 is 29.2 Å². The van der Waals surface area contributed by atoms with E-state index in [9.17, 15) is 9.59 Å². The first kappa shape index (κ1) is 23.0. The van der Waals surface area contributed by atoms with E-state index in [0.29, 0.717) is 36.0 Å². The summed E-state index contributed by atoms with van der Waals surface area (Å²) in [5.41, 5.74) is 2.04. The van der Waals surface area contributed by atoms with E-state index < -0.39 is 0 Å². The second-order valence-corrected chi connectivity index (χ2v) is 7.61. The molecule has 8 nitrogen and oxygen atoms in total. The van der Waals surface area contributed by atoms with Crippen molar-refractivity contribution < 1.29 is 28.5 Å². The molecule has 0 aromatic heterocycles. The first-order chi connectivity index (χ1) is 16.6. The van der Waals surface area contributed by atoms with Gasteiger partial charge in [-0.2, -0.15) is 0 Å². The van der Waals surface area contributed by atoms with Crippen LogP contribution in [0.2, 0.25) is 0 Å². The zero-order chi connectivity index (χ0) is 23.9. The van der Waals surface area contributed by atoms with Gasteiger partial charge in [0, 0.05) is 5.69 Å². The second kappa shape index (κ2) is 10.6. The normalized spacial score (nSPS) is 12.4. The van der Waals surface area contributed by atoms with Crippen LogP contribution >= 0.6 is 0 Å². The Morgan fingerprint density at radius 1 is 0.941 bits per heavy atom. The average Bonchev–Trinajstić information content (AvgIpc) is 2.86. The van der Waals surface area contributed by atoms with Gasteiger partial charge in [-0.3, -0.25) is 9.59 Å². The van der Waals surface area contributed by atoms with E-state index in [2.05, 4.69) is 5.32 Å². The fraction of sp³-hybridized carbons (Fsp3) is 0.231. The molecular formula is C26H26N2O6. The largest absolute Gasteiger partial charge is 0.497 e. The van der Waals surface area contributed by atoms with Crippen molar-refractivity contribution in [2.75, 3.05) is 44.2 Å². The number of carbonyl (C=O) groups excluding carboxylic acids is 2. The van der Waals surface area contributed by atoms with E-state index in [1.165, 1.54) is 0 Å². The van der Waals surface area contributed by atoms with Crippen molar-refractivity contribution in [3.63, 3.8) is 0 Å². The second-order valence-electron chi connectivity index (χ2n) is 7.61. The molecule has 176 valence electrons. The minimum absolute atomic E-state index is 0.0429. The van der Waals surface area contributed by atoms with E-state index in [-0.39, 0.29) is 24.8 Å². The summed E-state index contributed by atoms with van der Waals surface area (Å²) in [4.78, 5) is 26.7. The first-order valence-electron chi connectivity index (χ1n) is 10.8. The van der Waals surface area contributed by atoms with Gasteiger partial charge >= 0.3 is 0 Å². The van der Waals surface area contributed by atoms with Crippen molar-refractivity contribution in [3.05, 3.63) is 72.3 Å². The highest BCUT2D eigenvalue weighted by Crippen LogP contribution is 2.34. The Morgan fingerprint density at radius 3 is 2.26 bits per heavy atom. The van der Waals surface area contributed by atoms with Crippen molar-refractivity contribution in [3.8, 4) is 23.0 Å². The van der Waals surface area contributed by atoms with Gasteiger partial charge in [-0.05, 0) is 60.2 Å². The number of carbonyl (C=O) groups is 2. The Morgan fingerprint density at radius 2 is 1.59 bits per heavy atom. The third kappa shape index (κ3) is 5.58. The van der Waals surface area contributed by atoms with Crippen LogP contribution in [0.5, 0.6) is 23.0 Å². The average molecular weight is 463 g/mol. The smallest absolute Gasteiger partial charge is 0.265 e. The molecular weight excluding hydrogens is 436 g/mol. The number of methoxy groups -OCH3 is 2. The predicted molar refractivity (Wildman–Crippen MR) is 128 cm³/mol. The van der Waals surface area contributed by atoms with Crippen molar-refractivity contribution >= 4 is 23.2 Å². The maximum atomic E-state index is 12.5. The number of rotatable bonds is 9. The topological polar surface area (TPSA) is 86.3 Å². The Labute approximate surface area is 198 Å². The van der Waals surface area contributed by atoms with Gasteiger partial charge in [0.1, 0.15) is 29.6 Å². The molecule has 0 fully saturated rings. The maximum absolute atomic E-state index is 12.5. The number of hydrogen-bond acceptors (Lipinski definition) is 6. The van der Waals surface area contributed by atoms with Gasteiger partial charge in [0.2, 0.25) is 5.91 Å². The highest BCUT2D eigenvalue weighted by molar-refractivity contribution is 5.99. The summed E-state index contributed by atoms with van der Waals surface area (Å²) in [5, 5.41) is 2.89. The summed E-state index contributed by atoms with van der Waals surface area (Å²) in [7, 11) is 3.20. The van der Waals surface area contributed by atoms with Gasteiger partial charge in [0.25, 0.3) is 5.91 Å². The molecule has 0 atom stereocenters. The third-order valence-electron chi connectivity index (χ3n) is 5.35. The van der Waals surface area contributed by atoms with Crippen molar-refractivity contribution in [1.82, 2.24) is 0 Å². The number of nitrogens with zero attached hydrogens (tertiary/aromatic N) is 1. The quantitative estimate of drug-likeness (QED) is 0.522. The number of amides is 2. The van der Waals surface area contributed by atoms with Crippen LogP contribution in [0.4, 0.5) is 11.4 Å². The monoisotopic (exact) mass is 462 g/mol. The van der Waals surface area contributed by atoms with Crippen LogP contribution in [0.3, 0.4) is 0 Å². The molecule has 4 rings (SSSR count). The third-order valence-corrected chi connectivity index (χ3v) is 5.35. The van der Waals surface area contributed by atoms with E-state index >= 15 is 0 Å². The predicted octanol–water partition coefficient (Wildman–Crippen LogP) is 3.69. The Bertz CT molecular complexity index is 1140. The molecule has 0 bridgehead atoms. The Hall–Kier alpha value is -4.20. The summed E-state index contributed by atoms with van der Waals surface area (Å²) in [6, 6.07) is 19.8. The van der Waals surface area contributed by atoms with E-state index in [1.807, 2.05) is 48.5 Å². The summed E-state index contributed by atoms with van der Waals surface area (Å²) in [6.07, 6.45) is 0.218. The number of ether oxygens (including phenoxy) is 4. The highest BCUT2D eigenvalue weighted by atomic mass is 16.5. The highest BCUT2D eigenvalue weighted by Gasteiger charge is 2.26. The van der Waals surface area contributed by atoms with Crippen LogP contribution in [0, 0.1) is 0 Å². The zero-order valence-corrected chi connectivity index (χ0v) is 19.1. The molecule has 1 aliphatic heterocycles. The number of fused-ring (bicyclic) bond motifs is 1. The SMILES string of the molecule is COc1ccc(CC(=O)Nc2ccc3c(c2)N(CCOc2ccc(OC)cc2)C(=O)CO3)cc1. The number of benzene rings is 3. The lowest BCUT2D eigenvalue weighted by molar-refractivity contribution is -0.121. The summed E-state index contributed by atoms with van der Waals surface area (Å²) in [6.45, 7) is 0.592. The molecule has 1 aliphatic rings. The fourth-order valence-corrected chi connectivity index (χ4v) is 3.59. The van der Waals surface area contributed by atoms with Crippen LogP contribution in [0.25, 0.3) is 0 Å². The lowest BCUT2D eigenvalue weighted by Crippen LogP contribution is -2.41. The molecule has 0 unspecified atom stereocenters. The minimum Gasteiger partial charge on any atom is -0.497 e. The van der Waals surface area contributed by atoms with Crippen LogP contribution in [-0.4, -0.2) is 45.8 Å². The van der Waals surface area contributed by atoms with E-state index in [0.717, 1.165) is 17.1 Å². The van der Waals surface area contributed by atoms with Gasteiger partial charge in [-0.15, -0.1) is 0 Å². The number of anilines is 2. The first-order valence-corrected chi connectivity index (χ1v) is 10.8. The van der Waals surface area contributed by atoms with Crippen molar-refractivity contribution in [2.24, 2.45) is 0 Å². The number of nitrogens with one attached hydrogen (secondary N) is 1. The summed E-state index contributed by atoms with van der Waals surface area (Å²) in [5.74, 6) is 2.40. The van der Waals surface area contributed by atoms with Gasteiger partial charge in [0.05, 0.1) is 32.9 Å². The van der Waals surface area contributed by atoms with E-state index in [1.54, 1.807) is 37.3 Å². The standard InChI is InChI=1S/C26H26N2O6/c1-31-20-6-3-18(4-7-20)15-25(29)27-19-5-12-24-23(16-19)28(26(30)17-34-24)13-14-33-22-10-8-21(32-2)9-11-22/h3-12,16H,13-15,17H2,1-2H3,(H,27,29). The van der Waals surface area contributed by atoms with Gasteiger partial charge in [-0.1, -0.05) is 12.1 Å². The van der Waals surface area contributed by atoms with Crippen LogP contribution in [0.15, 0.2) is 66.7 Å². The van der Waals surface area contributed by atoms with Crippen molar-refractivity contribution in [2.45, 2.75) is 6.42 Å².